The fourth-order valence-electron chi connectivity index (χ4n) is 3.38. The molecule has 2 nitrogen and oxygen atoms in total. The maximum Gasteiger partial charge on any atom is 0.306 e. The van der Waals surface area contributed by atoms with Crippen molar-refractivity contribution in [3.63, 3.8) is 0 Å². The van der Waals surface area contributed by atoms with Gasteiger partial charge >= 0.3 is 5.97 Å². The van der Waals surface area contributed by atoms with Crippen molar-refractivity contribution < 1.29 is 9.90 Å². The van der Waals surface area contributed by atoms with Crippen molar-refractivity contribution in [2.24, 2.45) is 11.8 Å². The maximum absolute atomic E-state index is 11.2. The second-order valence-corrected chi connectivity index (χ2v) is 7.73. The Morgan fingerprint density at radius 2 is 1.46 bits per heavy atom. The molecular formula is C22H40O2. The van der Waals surface area contributed by atoms with E-state index < -0.39 is 5.97 Å². The number of carboxylic acids is 1. The van der Waals surface area contributed by atoms with Gasteiger partial charge in [-0.25, -0.2) is 0 Å². The molecule has 0 bridgehead atoms. The minimum atomic E-state index is -0.570. The van der Waals surface area contributed by atoms with E-state index in [9.17, 15) is 9.90 Å². The van der Waals surface area contributed by atoms with E-state index in [1.54, 1.807) is 0 Å². The number of aliphatic carboxylic acids is 1. The average Bonchev–Trinajstić information content (AvgIpc) is 3.38. The van der Waals surface area contributed by atoms with Crippen LogP contribution in [-0.2, 0) is 4.79 Å². The van der Waals surface area contributed by atoms with Crippen LogP contribution in [0.15, 0.2) is 12.2 Å². The van der Waals surface area contributed by atoms with Crippen LogP contribution >= 0.6 is 0 Å². The first kappa shape index (κ1) is 21.3. The molecule has 24 heavy (non-hydrogen) atoms. The number of hydrogen-bond acceptors (Lipinski definition) is 1. The Balaban J connectivity index is 1.83. The third kappa shape index (κ3) is 12.6. The molecule has 0 heterocycles. The molecule has 1 unspecified atom stereocenters. The van der Waals surface area contributed by atoms with Crippen molar-refractivity contribution in [3.05, 3.63) is 12.2 Å². The normalized spacial score (nSPS) is 15.9. The Morgan fingerprint density at radius 3 is 2.00 bits per heavy atom. The lowest BCUT2D eigenvalue weighted by Crippen LogP contribution is -2.14. The highest BCUT2D eigenvalue weighted by atomic mass is 16.4. The molecular weight excluding hydrogens is 296 g/mol. The van der Waals surface area contributed by atoms with Crippen LogP contribution in [0.25, 0.3) is 0 Å². The van der Waals surface area contributed by atoms with Gasteiger partial charge in [-0.2, -0.15) is 0 Å². The fraction of sp³-hybridized carbons (Fsp3) is 0.864. The summed E-state index contributed by atoms with van der Waals surface area (Å²) in [6.45, 7) is 2.27. The van der Waals surface area contributed by atoms with Gasteiger partial charge in [0, 0.05) is 0 Å². The first-order chi connectivity index (χ1) is 11.7. The summed E-state index contributed by atoms with van der Waals surface area (Å²) < 4.78 is 0. The molecule has 0 saturated heterocycles. The van der Waals surface area contributed by atoms with E-state index in [1.165, 1.54) is 83.5 Å². The van der Waals surface area contributed by atoms with E-state index in [0.29, 0.717) is 0 Å². The second-order valence-electron chi connectivity index (χ2n) is 7.73. The standard InChI is InChI=1S/C22H40O2/c1-2-3-4-5-6-7-8-9-10-11-12-13-14-15-16-21(22(23)24)19-20-17-18-20/h9-10,20-21H,2-8,11-19H2,1H3,(H,23,24)/b10-9+. The average molecular weight is 337 g/mol. The number of rotatable bonds is 17. The van der Waals surface area contributed by atoms with E-state index >= 15 is 0 Å². The highest BCUT2D eigenvalue weighted by Gasteiger charge is 2.28. The number of allylic oxidation sites excluding steroid dienone is 2. The Kier molecular flexibility index (Phi) is 12.9. The predicted molar refractivity (Wildman–Crippen MR) is 103 cm³/mol. The van der Waals surface area contributed by atoms with Gasteiger partial charge in [0.1, 0.15) is 0 Å². The van der Waals surface area contributed by atoms with Crippen LogP contribution in [0.2, 0.25) is 0 Å². The Morgan fingerprint density at radius 1 is 0.917 bits per heavy atom. The zero-order chi connectivity index (χ0) is 17.5. The summed E-state index contributed by atoms with van der Waals surface area (Å²) in [6.07, 6.45) is 24.5. The second kappa shape index (κ2) is 14.5. The summed E-state index contributed by atoms with van der Waals surface area (Å²) >= 11 is 0. The van der Waals surface area contributed by atoms with Crippen LogP contribution in [0, 0.1) is 11.8 Å². The van der Waals surface area contributed by atoms with Crippen molar-refractivity contribution in [1.29, 1.82) is 0 Å². The molecule has 1 atom stereocenters. The molecule has 0 aromatic rings. The third-order valence-electron chi connectivity index (χ3n) is 5.23. The number of unbranched alkanes of at least 4 members (excludes halogenated alkanes) is 10. The predicted octanol–water partition coefficient (Wildman–Crippen LogP) is 7.13. The van der Waals surface area contributed by atoms with Crippen LogP contribution in [0.5, 0.6) is 0 Å². The van der Waals surface area contributed by atoms with Gasteiger partial charge in [-0.05, 0) is 44.4 Å². The van der Waals surface area contributed by atoms with Gasteiger partial charge in [-0.1, -0.05) is 83.3 Å². The summed E-state index contributed by atoms with van der Waals surface area (Å²) in [5, 5.41) is 9.24. The molecule has 0 amide bonds. The highest BCUT2D eigenvalue weighted by Crippen LogP contribution is 2.36. The van der Waals surface area contributed by atoms with Gasteiger partial charge < -0.3 is 5.11 Å². The van der Waals surface area contributed by atoms with Crippen molar-refractivity contribution in [2.75, 3.05) is 0 Å². The monoisotopic (exact) mass is 336 g/mol. The summed E-state index contributed by atoms with van der Waals surface area (Å²) in [5.74, 6) is 0.0807. The first-order valence-corrected chi connectivity index (χ1v) is 10.6. The number of hydrogen-bond donors (Lipinski definition) is 1. The highest BCUT2D eigenvalue weighted by molar-refractivity contribution is 5.69. The van der Waals surface area contributed by atoms with Crippen molar-refractivity contribution >= 4 is 5.97 Å². The van der Waals surface area contributed by atoms with Crippen molar-refractivity contribution in [3.8, 4) is 0 Å². The molecule has 140 valence electrons. The maximum atomic E-state index is 11.2. The largest absolute Gasteiger partial charge is 0.481 e. The zero-order valence-electron chi connectivity index (χ0n) is 16.0. The van der Waals surface area contributed by atoms with Gasteiger partial charge in [0.25, 0.3) is 0 Å². The van der Waals surface area contributed by atoms with Gasteiger partial charge in [-0.15, -0.1) is 0 Å². The summed E-state index contributed by atoms with van der Waals surface area (Å²) in [7, 11) is 0. The van der Waals surface area contributed by atoms with Crippen LogP contribution in [-0.4, -0.2) is 11.1 Å². The van der Waals surface area contributed by atoms with Crippen molar-refractivity contribution in [1.82, 2.24) is 0 Å². The minimum absolute atomic E-state index is 0.0743. The lowest BCUT2D eigenvalue weighted by Gasteiger charge is -2.11. The topological polar surface area (TPSA) is 37.3 Å². The van der Waals surface area contributed by atoms with Gasteiger partial charge in [0.05, 0.1) is 5.92 Å². The van der Waals surface area contributed by atoms with E-state index in [2.05, 4.69) is 19.1 Å². The smallest absolute Gasteiger partial charge is 0.306 e. The van der Waals surface area contributed by atoms with Gasteiger partial charge in [0.15, 0.2) is 0 Å². The van der Waals surface area contributed by atoms with Crippen LogP contribution < -0.4 is 0 Å². The molecule has 1 aliphatic rings. The number of carboxylic acid groups (broad SMARTS) is 1. The number of carbonyl (C=O) groups is 1. The summed E-state index contributed by atoms with van der Waals surface area (Å²) in [4.78, 5) is 11.2. The molecule has 1 saturated carbocycles. The van der Waals surface area contributed by atoms with E-state index in [-0.39, 0.29) is 5.92 Å². The van der Waals surface area contributed by atoms with Crippen LogP contribution in [0.1, 0.15) is 110 Å². The van der Waals surface area contributed by atoms with E-state index in [4.69, 9.17) is 0 Å². The summed E-state index contributed by atoms with van der Waals surface area (Å²) in [6, 6.07) is 0. The lowest BCUT2D eigenvalue weighted by molar-refractivity contribution is -0.142. The molecule has 0 aliphatic heterocycles. The minimum Gasteiger partial charge on any atom is -0.481 e. The Labute approximate surface area is 150 Å². The van der Waals surface area contributed by atoms with Crippen LogP contribution in [0.4, 0.5) is 0 Å². The Bertz CT molecular complexity index is 331. The molecule has 1 aliphatic carbocycles. The van der Waals surface area contributed by atoms with Gasteiger partial charge in [-0.3, -0.25) is 4.79 Å². The molecule has 0 aromatic carbocycles. The van der Waals surface area contributed by atoms with E-state index in [1.807, 2.05) is 0 Å². The summed E-state index contributed by atoms with van der Waals surface area (Å²) in [5.41, 5.74) is 0. The van der Waals surface area contributed by atoms with Crippen LogP contribution in [0.3, 0.4) is 0 Å². The SMILES string of the molecule is CCCCCCCC/C=C/CCCCCCC(CC1CC1)C(=O)O. The quantitative estimate of drug-likeness (QED) is 0.226. The molecule has 2 heteroatoms. The first-order valence-electron chi connectivity index (χ1n) is 10.6. The molecule has 0 radical (unpaired) electrons. The van der Waals surface area contributed by atoms with Crippen molar-refractivity contribution in [2.45, 2.75) is 110 Å². The Hall–Kier alpha value is -0.790. The lowest BCUT2D eigenvalue weighted by atomic mass is 9.95. The molecule has 1 N–H and O–H groups in total. The molecule has 0 aromatic heterocycles. The van der Waals surface area contributed by atoms with E-state index in [0.717, 1.165) is 25.2 Å². The molecule has 1 fully saturated rings. The molecule has 1 rings (SSSR count). The fourth-order valence-corrected chi connectivity index (χ4v) is 3.38. The third-order valence-corrected chi connectivity index (χ3v) is 5.23. The zero-order valence-corrected chi connectivity index (χ0v) is 16.0. The van der Waals surface area contributed by atoms with Gasteiger partial charge in [0.2, 0.25) is 0 Å². The molecule has 0 spiro atoms.